The van der Waals surface area contributed by atoms with Gasteiger partial charge in [-0.15, -0.1) is 0 Å². The maximum atomic E-state index is 13.1. The fourth-order valence-corrected chi connectivity index (χ4v) is 5.75. The average molecular weight is 549 g/mol. The number of hydrogen-bond acceptors (Lipinski definition) is 6. The van der Waals surface area contributed by atoms with Gasteiger partial charge in [-0.25, -0.2) is 0 Å². The van der Waals surface area contributed by atoms with Crippen LogP contribution in [0.25, 0.3) is 0 Å². The highest BCUT2D eigenvalue weighted by Crippen LogP contribution is 2.56. The molecular weight excluding hydrogens is 492 g/mol. The fraction of sp³-hybridized carbons (Fsp3) is 0.758. The van der Waals surface area contributed by atoms with Gasteiger partial charge in [0.2, 0.25) is 0 Å². The summed E-state index contributed by atoms with van der Waals surface area (Å²) in [5.41, 5.74) is -5.77. The van der Waals surface area contributed by atoms with Crippen molar-refractivity contribution in [2.24, 2.45) is 27.1 Å². The minimum Gasteiger partial charge on any atom is -0.395 e. The van der Waals surface area contributed by atoms with Crippen LogP contribution < -0.4 is 0 Å². The minimum atomic E-state index is -2.04. The van der Waals surface area contributed by atoms with Crippen LogP contribution in [0, 0.1) is 27.1 Å². The molecule has 6 nitrogen and oxygen atoms in total. The molecule has 0 saturated heterocycles. The minimum absolute atomic E-state index is 0.236. The second kappa shape index (κ2) is 10.2. The molecule has 0 heterocycles. The third kappa shape index (κ3) is 5.62. The molecule has 2 rings (SSSR count). The van der Waals surface area contributed by atoms with Crippen LogP contribution in [0.15, 0.2) is 46.6 Å². The van der Waals surface area contributed by atoms with Gasteiger partial charge < -0.3 is 30.6 Å². The maximum Gasteiger partial charge on any atom is 0.127 e. The zero-order valence-electron chi connectivity index (χ0n) is 26.5. The van der Waals surface area contributed by atoms with E-state index < -0.39 is 63.7 Å². The Bertz CT molecular complexity index is 963. The van der Waals surface area contributed by atoms with E-state index in [0.717, 1.165) is 11.1 Å². The van der Waals surface area contributed by atoms with Crippen LogP contribution in [0.2, 0.25) is 0 Å². The predicted molar refractivity (Wildman–Crippen MR) is 158 cm³/mol. The lowest BCUT2D eigenvalue weighted by Gasteiger charge is -2.53. The molecule has 0 aromatic heterocycles. The van der Waals surface area contributed by atoms with Crippen molar-refractivity contribution in [1.29, 1.82) is 0 Å². The van der Waals surface area contributed by atoms with Crippen molar-refractivity contribution in [2.45, 2.75) is 113 Å². The maximum absolute atomic E-state index is 13.1. The predicted octanol–water partition coefficient (Wildman–Crippen LogP) is 4.84. The Balaban J connectivity index is 3.13. The van der Waals surface area contributed by atoms with Crippen molar-refractivity contribution in [2.75, 3.05) is 19.8 Å². The zero-order chi connectivity index (χ0) is 30.7. The Hall–Kier alpha value is -1.28. The quantitative estimate of drug-likeness (QED) is 0.283. The van der Waals surface area contributed by atoms with Gasteiger partial charge in [0.25, 0.3) is 0 Å². The molecule has 2 atom stereocenters. The van der Waals surface area contributed by atoms with E-state index in [1.807, 2.05) is 83.1 Å². The van der Waals surface area contributed by atoms with Crippen LogP contribution in [0.5, 0.6) is 0 Å². The van der Waals surface area contributed by atoms with Crippen LogP contribution in [0.4, 0.5) is 0 Å². The standard InChI is InChI=1S/C33H56O6/c1-26(2,3)24-17-31(37,28(7,8)9)15-13-22(24)33(39,30(19-34,20-35)21-36)23-14-16-32(38,29(10,11)12)18-25(23)27(4,5)6/h13-16,34-39H,17-21H2,1-12H3. The second-order valence-electron chi connectivity index (χ2n) is 16.1. The lowest BCUT2D eigenvalue weighted by Crippen LogP contribution is -2.60. The van der Waals surface area contributed by atoms with Gasteiger partial charge in [0.1, 0.15) is 5.60 Å². The van der Waals surface area contributed by atoms with E-state index in [4.69, 9.17) is 0 Å². The Morgan fingerprint density at radius 3 is 1.08 bits per heavy atom. The zero-order valence-corrected chi connectivity index (χ0v) is 26.5. The molecule has 0 fully saturated rings. The first-order valence-electron chi connectivity index (χ1n) is 14.2. The molecule has 2 aliphatic rings. The Labute approximate surface area is 236 Å². The lowest BCUT2D eigenvalue weighted by molar-refractivity contribution is -0.114. The number of aliphatic hydroxyl groups is 6. The summed E-state index contributed by atoms with van der Waals surface area (Å²) < 4.78 is 0. The molecule has 0 spiro atoms. The Kier molecular flexibility index (Phi) is 8.89. The first kappa shape index (κ1) is 33.9. The highest BCUT2D eigenvalue weighted by Gasteiger charge is 2.58. The SMILES string of the molecule is CC(C)(C)C1=C(C(O)(C2=C(C(C)(C)C)CC(O)(C(C)(C)C)C=C2)C(CO)(CO)CO)C=CC(O)(C(C)(C)C)C1. The van der Waals surface area contributed by atoms with E-state index in [0.29, 0.717) is 11.1 Å². The molecule has 0 amide bonds. The molecule has 0 saturated carbocycles. The number of aliphatic hydroxyl groups excluding tert-OH is 3. The van der Waals surface area contributed by atoms with E-state index in [9.17, 15) is 30.6 Å². The monoisotopic (exact) mass is 548 g/mol. The molecule has 6 heteroatoms. The van der Waals surface area contributed by atoms with Crippen LogP contribution in [-0.4, -0.2) is 67.3 Å². The van der Waals surface area contributed by atoms with Crippen LogP contribution >= 0.6 is 0 Å². The van der Waals surface area contributed by atoms with Gasteiger partial charge in [-0.1, -0.05) is 119 Å². The number of rotatable bonds is 6. The Morgan fingerprint density at radius 1 is 0.590 bits per heavy atom. The first-order valence-corrected chi connectivity index (χ1v) is 14.2. The molecule has 0 aliphatic heterocycles. The van der Waals surface area contributed by atoms with Gasteiger partial charge in [-0.2, -0.15) is 0 Å². The molecule has 2 aliphatic carbocycles. The fourth-order valence-electron chi connectivity index (χ4n) is 5.75. The summed E-state index contributed by atoms with van der Waals surface area (Å²) in [5, 5.41) is 68.8. The van der Waals surface area contributed by atoms with Crippen LogP contribution in [0.3, 0.4) is 0 Å². The molecule has 2 unspecified atom stereocenters. The van der Waals surface area contributed by atoms with E-state index in [2.05, 4.69) is 0 Å². The molecule has 0 aromatic carbocycles. The summed E-state index contributed by atoms with van der Waals surface area (Å²) in [5.74, 6) is 0. The summed E-state index contributed by atoms with van der Waals surface area (Å²) in [6, 6.07) is 0. The largest absolute Gasteiger partial charge is 0.395 e. The summed E-state index contributed by atoms with van der Waals surface area (Å²) in [7, 11) is 0. The van der Waals surface area contributed by atoms with Crippen molar-refractivity contribution in [3.8, 4) is 0 Å². The van der Waals surface area contributed by atoms with Crippen LogP contribution in [0.1, 0.15) is 95.9 Å². The molecule has 39 heavy (non-hydrogen) atoms. The van der Waals surface area contributed by atoms with Crippen molar-refractivity contribution >= 4 is 0 Å². The van der Waals surface area contributed by atoms with Gasteiger partial charge in [0.05, 0.1) is 36.4 Å². The van der Waals surface area contributed by atoms with Gasteiger partial charge in [0, 0.05) is 12.8 Å². The highest BCUT2D eigenvalue weighted by atomic mass is 16.3. The molecule has 0 aromatic rings. The van der Waals surface area contributed by atoms with E-state index in [1.165, 1.54) is 0 Å². The second-order valence-corrected chi connectivity index (χ2v) is 16.1. The molecule has 0 radical (unpaired) electrons. The average Bonchev–Trinajstić information content (AvgIpc) is 2.77. The Morgan fingerprint density at radius 2 is 0.872 bits per heavy atom. The summed E-state index contributed by atoms with van der Waals surface area (Å²) in [6.45, 7) is 21.8. The molecule has 224 valence electrons. The molecule has 0 bridgehead atoms. The smallest absolute Gasteiger partial charge is 0.127 e. The van der Waals surface area contributed by atoms with Gasteiger partial charge in [-0.05, 0) is 32.8 Å². The van der Waals surface area contributed by atoms with E-state index in [1.54, 1.807) is 24.3 Å². The van der Waals surface area contributed by atoms with E-state index in [-0.39, 0.29) is 12.8 Å². The van der Waals surface area contributed by atoms with Gasteiger partial charge >= 0.3 is 0 Å². The molecule has 6 N–H and O–H groups in total. The number of hydrogen-bond donors (Lipinski definition) is 6. The normalized spacial score (nSPS) is 27.3. The topological polar surface area (TPSA) is 121 Å². The van der Waals surface area contributed by atoms with Crippen molar-refractivity contribution in [3.05, 3.63) is 46.6 Å². The van der Waals surface area contributed by atoms with Crippen molar-refractivity contribution in [1.82, 2.24) is 0 Å². The summed E-state index contributed by atoms with van der Waals surface area (Å²) in [6.07, 6.45) is 7.32. The van der Waals surface area contributed by atoms with Crippen molar-refractivity contribution < 1.29 is 30.6 Å². The van der Waals surface area contributed by atoms with Crippen LogP contribution in [-0.2, 0) is 0 Å². The highest BCUT2D eigenvalue weighted by molar-refractivity contribution is 5.57. The van der Waals surface area contributed by atoms with Crippen molar-refractivity contribution in [3.63, 3.8) is 0 Å². The lowest BCUT2D eigenvalue weighted by atomic mass is 9.55. The first-order chi connectivity index (χ1) is 17.3. The third-order valence-electron chi connectivity index (χ3n) is 9.46. The molecular formula is C33H56O6. The van der Waals surface area contributed by atoms with E-state index >= 15 is 0 Å². The third-order valence-corrected chi connectivity index (χ3v) is 9.46. The summed E-state index contributed by atoms with van der Waals surface area (Å²) >= 11 is 0. The summed E-state index contributed by atoms with van der Waals surface area (Å²) in [4.78, 5) is 0. The van der Waals surface area contributed by atoms with Gasteiger partial charge in [0.15, 0.2) is 0 Å². The van der Waals surface area contributed by atoms with Gasteiger partial charge in [-0.3, -0.25) is 0 Å².